The summed E-state index contributed by atoms with van der Waals surface area (Å²) < 4.78 is 13.3. The lowest BCUT2D eigenvalue weighted by atomic mass is 10.0. The lowest BCUT2D eigenvalue weighted by Crippen LogP contribution is -2.11. The van der Waals surface area contributed by atoms with Gasteiger partial charge in [-0.2, -0.15) is 0 Å². The molecule has 1 rings (SSSR count). The summed E-state index contributed by atoms with van der Waals surface area (Å²) in [4.78, 5) is 0. The summed E-state index contributed by atoms with van der Waals surface area (Å²) in [6.45, 7) is 3.54. The van der Waals surface area contributed by atoms with Crippen molar-refractivity contribution in [2.45, 2.75) is 12.5 Å². The molecule has 0 bridgehead atoms. The van der Waals surface area contributed by atoms with Crippen molar-refractivity contribution in [1.82, 2.24) is 0 Å². The first-order valence-electron chi connectivity index (χ1n) is 3.97. The highest BCUT2D eigenvalue weighted by molar-refractivity contribution is 6.30. The van der Waals surface area contributed by atoms with Crippen LogP contribution in [-0.2, 0) is 0 Å². The van der Waals surface area contributed by atoms with Gasteiger partial charge in [0.1, 0.15) is 5.82 Å². The lowest BCUT2D eigenvalue weighted by molar-refractivity contribution is 0.584. The zero-order chi connectivity index (χ0) is 9.84. The van der Waals surface area contributed by atoms with Gasteiger partial charge in [0.25, 0.3) is 0 Å². The molecular weight excluding hydrogens is 189 g/mol. The summed E-state index contributed by atoms with van der Waals surface area (Å²) in [6.07, 6.45) is 2.20. The van der Waals surface area contributed by atoms with Gasteiger partial charge < -0.3 is 5.73 Å². The molecule has 3 heteroatoms. The Morgan fingerprint density at radius 3 is 2.92 bits per heavy atom. The van der Waals surface area contributed by atoms with Crippen LogP contribution in [0.5, 0.6) is 0 Å². The van der Waals surface area contributed by atoms with Gasteiger partial charge in [-0.25, -0.2) is 4.39 Å². The Morgan fingerprint density at radius 2 is 2.31 bits per heavy atom. The molecule has 0 aromatic heterocycles. The quantitative estimate of drug-likeness (QED) is 0.744. The molecule has 0 fully saturated rings. The molecule has 0 aliphatic heterocycles. The van der Waals surface area contributed by atoms with Crippen molar-refractivity contribution in [3.63, 3.8) is 0 Å². The van der Waals surface area contributed by atoms with Gasteiger partial charge in [-0.3, -0.25) is 0 Å². The van der Waals surface area contributed by atoms with Crippen molar-refractivity contribution in [1.29, 1.82) is 0 Å². The molecule has 1 aromatic rings. The molecule has 70 valence electrons. The second-order valence-electron chi connectivity index (χ2n) is 2.77. The molecule has 0 saturated heterocycles. The van der Waals surface area contributed by atoms with E-state index in [-0.39, 0.29) is 11.1 Å². The fraction of sp³-hybridized carbons (Fsp3) is 0.200. The predicted molar refractivity (Wildman–Crippen MR) is 53.2 cm³/mol. The van der Waals surface area contributed by atoms with Crippen LogP contribution >= 0.6 is 11.6 Å². The highest BCUT2D eigenvalue weighted by atomic mass is 35.5. The summed E-state index contributed by atoms with van der Waals surface area (Å²) in [5, 5.41) is 0.108. The van der Waals surface area contributed by atoms with Gasteiger partial charge in [0, 0.05) is 11.6 Å². The van der Waals surface area contributed by atoms with Gasteiger partial charge in [-0.05, 0) is 12.5 Å². The monoisotopic (exact) mass is 199 g/mol. The second-order valence-corrected chi connectivity index (χ2v) is 3.18. The number of hydrogen-bond donors (Lipinski definition) is 1. The van der Waals surface area contributed by atoms with Crippen LogP contribution in [0.2, 0.25) is 5.02 Å². The minimum atomic E-state index is -0.432. The van der Waals surface area contributed by atoms with Crippen LogP contribution < -0.4 is 5.73 Å². The molecular formula is C10H11ClFN. The molecule has 1 unspecified atom stereocenters. The number of benzene rings is 1. The summed E-state index contributed by atoms with van der Waals surface area (Å²) in [7, 11) is 0. The van der Waals surface area contributed by atoms with Crippen LogP contribution in [-0.4, -0.2) is 0 Å². The van der Waals surface area contributed by atoms with E-state index in [1.165, 1.54) is 6.07 Å². The van der Waals surface area contributed by atoms with Crippen LogP contribution in [0, 0.1) is 5.82 Å². The van der Waals surface area contributed by atoms with Crippen molar-refractivity contribution in [2.24, 2.45) is 5.73 Å². The smallest absolute Gasteiger partial charge is 0.146 e. The summed E-state index contributed by atoms with van der Waals surface area (Å²) in [5.74, 6) is -0.432. The standard InChI is InChI=1S/C10H11ClFN/c1-2-4-9(13)7-5-3-6-8(11)10(7)12/h2-3,5-6,9H,1,4,13H2. The number of halogens is 2. The first kappa shape index (κ1) is 10.2. The fourth-order valence-electron chi connectivity index (χ4n) is 1.11. The van der Waals surface area contributed by atoms with Gasteiger partial charge >= 0.3 is 0 Å². The Hall–Kier alpha value is -0.860. The average Bonchev–Trinajstić information content (AvgIpc) is 2.10. The normalized spacial score (nSPS) is 12.5. The first-order chi connectivity index (χ1) is 6.16. The third kappa shape index (κ3) is 2.29. The molecule has 0 aliphatic carbocycles. The molecule has 0 radical (unpaired) electrons. The van der Waals surface area contributed by atoms with Gasteiger partial charge in [0.2, 0.25) is 0 Å². The van der Waals surface area contributed by atoms with Crippen LogP contribution in [0.15, 0.2) is 30.9 Å². The van der Waals surface area contributed by atoms with Crippen LogP contribution in [0.1, 0.15) is 18.0 Å². The zero-order valence-corrected chi connectivity index (χ0v) is 7.89. The van der Waals surface area contributed by atoms with Gasteiger partial charge in [0.05, 0.1) is 5.02 Å². The Bertz CT molecular complexity index is 312. The minimum absolute atomic E-state index is 0.108. The van der Waals surface area contributed by atoms with E-state index in [0.29, 0.717) is 12.0 Å². The third-order valence-electron chi connectivity index (χ3n) is 1.80. The fourth-order valence-corrected chi connectivity index (χ4v) is 1.30. The van der Waals surface area contributed by atoms with E-state index in [2.05, 4.69) is 6.58 Å². The third-order valence-corrected chi connectivity index (χ3v) is 2.09. The molecule has 0 heterocycles. The van der Waals surface area contributed by atoms with Crippen LogP contribution in [0.4, 0.5) is 4.39 Å². The molecule has 0 aliphatic rings. The second kappa shape index (κ2) is 4.40. The SMILES string of the molecule is C=CCC(N)c1cccc(Cl)c1F. The van der Waals surface area contributed by atoms with E-state index < -0.39 is 5.82 Å². The van der Waals surface area contributed by atoms with E-state index >= 15 is 0 Å². The van der Waals surface area contributed by atoms with E-state index in [4.69, 9.17) is 17.3 Å². The molecule has 2 N–H and O–H groups in total. The molecule has 0 spiro atoms. The molecule has 0 amide bonds. The highest BCUT2D eigenvalue weighted by Crippen LogP contribution is 2.23. The zero-order valence-electron chi connectivity index (χ0n) is 7.13. The molecule has 1 aromatic carbocycles. The topological polar surface area (TPSA) is 26.0 Å². The molecule has 0 saturated carbocycles. The number of hydrogen-bond acceptors (Lipinski definition) is 1. The summed E-state index contributed by atoms with van der Waals surface area (Å²) in [5.41, 5.74) is 6.14. The van der Waals surface area contributed by atoms with Gasteiger partial charge in [-0.1, -0.05) is 29.8 Å². The lowest BCUT2D eigenvalue weighted by Gasteiger charge is -2.10. The average molecular weight is 200 g/mol. The maximum absolute atomic E-state index is 13.3. The van der Waals surface area contributed by atoms with E-state index in [1.54, 1.807) is 18.2 Å². The van der Waals surface area contributed by atoms with E-state index in [9.17, 15) is 4.39 Å². The highest BCUT2D eigenvalue weighted by Gasteiger charge is 2.11. The van der Waals surface area contributed by atoms with Crippen LogP contribution in [0.25, 0.3) is 0 Å². The molecule has 1 atom stereocenters. The number of nitrogens with two attached hydrogens (primary N) is 1. The predicted octanol–water partition coefficient (Wildman–Crippen LogP) is 3.06. The summed E-state index contributed by atoms with van der Waals surface area (Å²) >= 11 is 5.60. The molecule has 13 heavy (non-hydrogen) atoms. The maximum Gasteiger partial charge on any atom is 0.146 e. The van der Waals surface area contributed by atoms with Crippen molar-refractivity contribution >= 4 is 11.6 Å². The van der Waals surface area contributed by atoms with Crippen molar-refractivity contribution in [3.05, 3.63) is 47.3 Å². The molecule has 1 nitrogen and oxygen atoms in total. The maximum atomic E-state index is 13.3. The van der Waals surface area contributed by atoms with Crippen molar-refractivity contribution < 1.29 is 4.39 Å². The largest absolute Gasteiger partial charge is 0.324 e. The van der Waals surface area contributed by atoms with E-state index in [1.807, 2.05) is 0 Å². The Kier molecular flexibility index (Phi) is 3.46. The summed E-state index contributed by atoms with van der Waals surface area (Å²) in [6, 6.07) is 4.45. The van der Waals surface area contributed by atoms with Gasteiger partial charge in [0.15, 0.2) is 0 Å². The minimum Gasteiger partial charge on any atom is -0.324 e. The number of rotatable bonds is 3. The van der Waals surface area contributed by atoms with Gasteiger partial charge in [-0.15, -0.1) is 6.58 Å². The van der Waals surface area contributed by atoms with E-state index in [0.717, 1.165) is 0 Å². The Labute approximate surface area is 82.0 Å². The Balaban J connectivity index is 3.00. The van der Waals surface area contributed by atoms with Crippen molar-refractivity contribution in [2.75, 3.05) is 0 Å². The van der Waals surface area contributed by atoms with Crippen LogP contribution in [0.3, 0.4) is 0 Å². The van der Waals surface area contributed by atoms with Crippen molar-refractivity contribution in [3.8, 4) is 0 Å². The first-order valence-corrected chi connectivity index (χ1v) is 4.35. The Morgan fingerprint density at radius 1 is 1.62 bits per heavy atom.